The van der Waals surface area contributed by atoms with Gasteiger partial charge >= 0.3 is 0 Å². The molecule has 0 saturated heterocycles. The van der Waals surface area contributed by atoms with Gasteiger partial charge in [0.05, 0.1) is 18.2 Å². The van der Waals surface area contributed by atoms with E-state index in [1.807, 2.05) is 43.3 Å². The first kappa shape index (κ1) is 18.1. The van der Waals surface area contributed by atoms with Crippen LogP contribution in [0.2, 0.25) is 5.02 Å². The Balaban J connectivity index is 2.09. The molecule has 2 aromatic rings. The SMILES string of the molecule is CCOc1cc(CNC(C)c2ccc(Cl)cc2)cc(Br)c1OC. The van der Waals surface area contributed by atoms with Gasteiger partial charge in [0, 0.05) is 17.6 Å². The van der Waals surface area contributed by atoms with Crippen molar-refractivity contribution in [3.8, 4) is 11.5 Å². The van der Waals surface area contributed by atoms with E-state index in [9.17, 15) is 0 Å². The van der Waals surface area contributed by atoms with E-state index in [0.29, 0.717) is 6.61 Å². The highest BCUT2D eigenvalue weighted by molar-refractivity contribution is 9.10. The van der Waals surface area contributed by atoms with Crippen molar-refractivity contribution in [1.29, 1.82) is 0 Å². The van der Waals surface area contributed by atoms with E-state index in [-0.39, 0.29) is 6.04 Å². The number of halogens is 2. The summed E-state index contributed by atoms with van der Waals surface area (Å²) in [6, 6.07) is 12.2. The summed E-state index contributed by atoms with van der Waals surface area (Å²) in [6.45, 7) is 5.42. The summed E-state index contributed by atoms with van der Waals surface area (Å²) < 4.78 is 11.9. The van der Waals surface area contributed by atoms with Crippen molar-refractivity contribution in [2.45, 2.75) is 26.4 Å². The van der Waals surface area contributed by atoms with Crippen molar-refractivity contribution in [1.82, 2.24) is 5.32 Å². The van der Waals surface area contributed by atoms with Crippen molar-refractivity contribution < 1.29 is 9.47 Å². The molecule has 0 aromatic heterocycles. The molecule has 124 valence electrons. The highest BCUT2D eigenvalue weighted by Crippen LogP contribution is 2.36. The molecule has 0 aliphatic carbocycles. The van der Waals surface area contributed by atoms with Crippen molar-refractivity contribution in [3.63, 3.8) is 0 Å². The van der Waals surface area contributed by atoms with Crippen molar-refractivity contribution in [3.05, 3.63) is 57.0 Å². The molecule has 2 aromatic carbocycles. The van der Waals surface area contributed by atoms with Gasteiger partial charge in [-0.25, -0.2) is 0 Å². The van der Waals surface area contributed by atoms with Gasteiger partial charge in [-0.05, 0) is 65.2 Å². The van der Waals surface area contributed by atoms with Crippen LogP contribution in [0, 0.1) is 0 Å². The zero-order valence-electron chi connectivity index (χ0n) is 13.5. The van der Waals surface area contributed by atoms with Crippen molar-refractivity contribution in [2.75, 3.05) is 13.7 Å². The van der Waals surface area contributed by atoms with Crippen LogP contribution in [0.5, 0.6) is 11.5 Å². The highest BCUT2D eigenvalue weighted by Gasteiger charge is 2.12. The molecule has 5 heteroatoms. The molecule has 0 spiro atoms. The molecule has 0 radical (unpaired) electrons. The quantitative estimate of drug-likeness (QED) is 0.681. The lowest BCUT2D eigenvalue weighted by atomic mass is 10.1. The van der Waals surface area contributed by atoms with Crippen LogP contribution >= 0.6 is 27.5 Å². The topological polar surface area (TPSA) is 30.5 Å². The second kappa shape index (κ2) is 8.57. The Morgan fingerprint density at radius 2 is 1.91 bits per heavy atom. The molecule has 0 fully saturated rings. The fourth-order valence-corrected chi connectivity index (χ4v) is 3.10. The second-order valence-electron chi connectivity index (χ2n) is 5.20. The minimum absolute atomic E-state index is 0.226. The Bertz CT molecular complexity index is 646. The maximum atomic E-state index is 5.93. The third-order valence-corrected chi connectivity index (χ3v) is 4.40. The van der Waals surface area contributed by atoms with Crippen LogP contribution < -0.4 is 14.8 Å². The monoisotopic (exact) mass is 397 g/mol. The van der Waals surface area contributed by atoms with Crippen molar-refractivity contribution >= 4 is 27.5 Å². The van der Waals surface area contributed by atoms with Gasteiger partial charge in [0.15, 0.2) is 11.5 Å². The normalized spacial score (nSPS) is 12.0. The molecule has 0 aliphatic rings. The molecule has 0 heterocycles. The Morgan fingerprint density at radius 1 is 1.22 bits per heavy atom. The van der Waals surface area contributed by atoms with Gasteiger partial charge in [0.1, 0.15) is 0 Å². The number of rotatable bonds is 7. The summed E-state index contributed by atoms with van der Waals surface area (Å²) in [5, 5.41) is 4.26. The third kappa shape index (κ3) is 4.87. The Hall–Kier alpha value is -1.23. The van der Waals surface area contributed by atoms with Crippen LogP contribution in [0.3, 0.4) is 0 Å². The van der Waals surface area contributed by atoms with Gasteiger partial charge < -0.3 is 14.8 Å². The molecule has 3 nitrogen and oxygen atoms in total. The molecule has 0 saturated carbocycles. The van der Waals surface area contributed by atoms with Crippen LogP contribution in [0.4, 0.5) is 0 Å². The van der Waals surface area contributed by atoms with Crippen molar-refractivity contribution in [2.24, 2.45) is 0 Å². The van der Waals surface area contributed by atoms with Gasteiger partial charge in [0.25, 0.3) is 0 Å². The van der Waals surface area contributed by atoms with Crippen LogP contribution in [0.25, 0.3) is 0 Å². The van der Waals surface area contributed by atoms with E-state index in [0.717, 1.165) is 33.1 Å². The molecule has 2 rings (SSSR count). The van der Waals surface area contributed by atoms with E-state index >= 15 is 0 Å². The average Bonchev–Trinajstić information content (AvgIpc) is 2.53. The van der Waals surface area contributed by atoms with E-state index in [1.165, 1.54) is 5.56 Å². The standard InChI is InChI=1S/C18H21BrClNO2/c1-4-23-17-10-13(9-16(19)18(17)22-3)11-21-12(2)14-5-7-15(20)8-6-14/h5-10,12,21H,4,11H2,1-3H3. The fourth-order valence-electron chi connectivity index (χ4n) is 2.32. The lowest BCUT2D eigenvalue weighted by Gasteiger charge is -2.17. The zero-order valence-corrected chi connectivity index (χ0v) is 15.9. The molecular weight excluding hydrogens is 378 g/mol. The summed E-state index contributed by atoms with van der Waals surface area (Å²) in [5.74, 6) is 1.47. The van der Waals surface area contributed by atoms with Crippen LogP contribution in [0.1, 0.15) is 31.0 Å². The van der Waals surface area contributed by atoms with Gasteiger partial charge in [-0.15, -0.1) is 0 Å². The molecular formula is C18H21BrClNO2. The van der Waals surface area contributed by atoms with E-state index in [2.05, 4.69) is 28.2 Å². The van der Waals surface area contributed by atoms with Gasteiger partial charge in [-0.3, -0.25) is 0 Å². The first-order chi connectivity index (χ1) is 11.0. The lowest BCUT2D eigenvalue weighted by molar-refractivity contribution is 0.309. The largest absolute Gasteiger partial charge is 0.492 e. The number of methoxy groups -OCH3 is 1. The van der Waals surface area contributed by atoms with Crippen LogP contribution in [-0.4, -0.2) is 13.7 Å². The predicted octanol–water partition coefficient (Wildman–Crippen LogP) is 5.36. The van der Waals surface area contributed by atoms with Gasteiger partial charge in [-0.1, -0.05) is 23.7 Å². The second-order valence-corrected chi connectivity index (χ2v) is 6.49. The first-order valence-electron chi connectivity index (χ1n) is 7.53. The minimum Gasteiger partial charge on any atom is -0.492 e. The molecule has 23 heavy (non-hydrogen) atoms. The predicted molar refractivity (Wildman–Crippen MR) is 98.6 cm³/mol. The highest BCUT2D eigenvalue weighted by atomic mass is 79.9. The Kier molecular flexibility index (Phi) is 6.75. The van der Waals surface area contributed by atoms with Gasteiger partial charge in [0.2, 0.25) is 0 Å². The molecule has 1 atom stereocenters. The molecule has 1 unspecified atom stereocenters. The third-order valence-electron chi connectivity index (χ3n) is 3.56. The Labute approximate surface area is 151 Å². The maximum Gasteiger partial charge on any atom is 0.174 e. The summed E-state index contributed by atoms with van der Waals surface area (Å²) >= 11 is 9.47. The number of hydrogen-bond acceptors (Lipinski definition) is 3. The average molecular weight is 399 g/mol. The minimum atomic E-state index is 0.226. The molecule has 1 N–H and O–H groups in total. The molecule has 0 aliphatic heterocycles. The van der Waals surface area contributed by atoms with E-state index < -0.39 is 0 Å². The van der Waals surface area contributed by atoms with Gasteiger partial charge in [-0.2, -0.15) is 0 Å². The Morgan fingerprint density at radius 3 is 2.52 bits per heavy atom. The first-order valence-corrected chi connectivity index (χ1v) is 8.70. The molecule has 0 amide bonds. The number of ether oxygens (including phenoxy) is 2. The smallest absolute Gasteiger partial charge is 0.174 e. The molecule has 0 bridgehead atoms. The number of benzene rings is 2. The summed E-state index contributed by atoms with van der Waals surface area (Å²) in [4.78, 5) is 0. The summed E-state index contributed by atoms with van der Waals surface area (Å²) in [5.41, 5.74) is 2.33. The van der Waals surface area contributed by atoms with Crippen LogP contribution in [-0.2, 0) is 6.54 Å². The number of hydrogen-bond donors (Lipinski definition) is 1. The van der Waals surface area contributed by atoms with E-state index in [1.54, 1.807) is 7.11 Å². The van der Waals surface area contributed by atoms with Crippen LogP contribution in [0.15, 0.2) is 40.9 Å². The summed E-state index contributed by atoms with van der Waals surface area (Å²) in [7, 11) is 1.64. The summed E-state index contributed by atoms with van der Waals surface area (Å²) in [6.07, 6.45) is 0. The fraction of sp³-hybridized carbons (Fsp3) is 0.333. The maximum absolute atomic E-state index is 5.93. The lowest BCUT2D eigenvalue weighted by Crippen LogP contribution is -2.18. The zero-order chi connectivity index (χ0) is 16.8. The number of nitrogens with one attached hydrogen (secondary N) is 1. The van der Waals surface area contributed by atoms with E-state index in [4.69, 9.17) is 21.1 Å².